The molecule has 0 atom stereocenters. The zero-order valence-electron chi connectivity index (χ0n) is 7.46. The molecular weight excluding hydrogens is 160 g/mol. The summed E-state index contributed by atoms with van der Waals surface area (Å²) in [6, 6.07) is 0. The van der Waals surface area contributed by atoms with Gasteiger partial charge in [0.05, 0.1) is 6.61 Å². The van der Waals surface area contributed by atoms with Gasteiger partial charge >= 0.3 is 5.97 Å². The van der Waals surface area contributed by atoms with Crippen LogP contribution in [0.5, 0.6) is 0 Å². The molecule has 0 rings (SSSR count). The fourth-order valence-corrected chi connectivity index (χ4v) is 0.549. The predicted molar refractivity (Wildman–Crippen MR) is 43.4 cm³/mol. The van der Waals surface area contributed by atoms with Crippen LogP contribution in [-0.4, -0.2) is 25.8 Å². The Kier molecular flexibility index (Phi) is 6.09. The van der Waals surface area contributed by atoms with E-state index in [1.165, 1.54) is 6.92 Å². The van der Waals surface area contributed by atoms with Crippen LogP contribution in [-0.2, 0) is 19.0 Å². The molecule has 0 aromatic heterocycles. The highest BCUT2D eigenvalue weighted by atomic mass is 16.7. The number of carbonyl (C=O) groups excluding carboxylic acids is 1. The summed E-state index contributed by atoms with van der Waals surface area (Å²) in [5.41, 5.74) is 0. The molecule has 0 aromatic carbocycles. The van der Waals surface area contributed by atoms with Gasteiger partial charge in [-0.05, 0) is 13.5 Å². The highest BCUT2D eigenvalue weighted by Crippen LogP contribution is 1.95. The zero-order chi connectivity index (χ0) is 9.40. The number of esters is 1. The third-order valence-electron chi connectivity index (χ3n) is 0.952. The Hall–Kier alpha value is -1.03. The van der Waals surface area contributed by atoms with Crippen LogP contribution in [0.25, 0.3) is 0 Å². The van der Waals surface area contributed by atoms with Crippen LogP contribution < -0.4 is 0 Å². The van der Waals surface area contributed by atoms with Crippen molar-refractivity contribution in [1.82, 2.24) is 0 Å². The summed E-state index contributed by atoms with van der Waals surface area (Å²) in [7, 11) is 0. The molecule has 0 fully saturated rings. The number of hydrogen-bond donors (Lipinski definition) is 0. The van der Waals surface area contributed by atoms with E-state index in [1.54, 1.807) is 0 Å². The summed E-state index contributed by atoms with van der Waals surface area (Å²) in [5, 5.41) is 0. The molecule has 0 heterocycles. The maximum absolute atomic E-state index is 10.3. The normalized spacial score (nSPS) is 9.17. The van der Waals surface area contributed by atoms with Crippen molar-refractivity contribution in [3.05, 3.63) is 12.5 Å². The van der Waals surface area contributed by atoms with Crippen LogP contribution in [0.3, 0.4) is 0 Å². The molecule has 4 nitrogen and oxygen atoms in total. The standard InChI is InChI=1S/C8H14O4/c1-4-10-5-6-11-8(3)12-7(2)9/h3-6H2,1-2H3. The molecule has 12 heavy (non-hydrogen) atoms. The van der Waals surface area contributed by atoms with Gasteiger partial charge in [0.15, 0.2) is 0 Å². The fourth-order valence-electron chi connectivity index (χ4n) is 0.549. The first kappa shape index (κ1) is 11.0. The van der Waals surface area contributed by atoms with E-state index < -0.39 is 5.97 Å². The lowest BCUT2D eigenvalue weighted by Gasteiger charge is -2.07. The van der Waals surface area contributed by atoms with Crippen molar-refractivity contribution in [3.8, 4) is 0 Å². The Morgan fingerprint density at radius 3 is 2.58 bits per heavy atom. The monoisotopic (exact) mass is 174 g/mol. The second-order valence-corrected chi connectivity index (χ2v) is 2.01. The molecule has 0 amide bonds. The van der Waals surface area contributed by atoms with Crippen molar-refractivity contribution >= 4 is 5.97 Å². The zero-order valence-corrected chi connectivity index (χ0v) is 7.46. The number of rotatable bonds is 6. The first-order chi connectivity index (χ1) is 5.66. The first-order valence-electron chi connectivity index (χ1n) is 3.74. The quantitative estimate of drug-likeness (QED) is 0.343. The topological polar surface area (TPSA) is 44.8 Å². The summed E-state index contributed by atoms with van der Waals surface area (Å²) in [6.45, 7) is 8.01. The van der Waals surface area contributed by atoms with Crippen LogP contribution in [0.2, 0.25) is 0 Å². The minimum atomic E-state index is -0.434. The van der Waals surface area contributed by atoms with Gasteiger partial charge in [0, 0.05) is 13.5 Å². The second-order valence-electron chi connectivity index (χ2n) is 2.01. The van der Waals surface area contributed by atoms with Crippen LogP contribution >= 0.6 is 0 Å². The first-order valence-corrected chi connectivity index (χ1v) is 3.74. The predicted octanol–water partition coefficient (Wildman–Crippen LogP) is 1.07. The van der Waals surface area contributed by atoms with E-state index in [4.69, 9.17) is 9.47 Å². The second kappa shape index (κ2) is 6.67. The summed E-state index contributed by atoms with van der Waals surface area (Å²) < 4.78 is 14.4. The van der Waals surface area contributed by atoms with Crippen molar-refractivity contribution in [2.75, 3.05) is 19.8 Å². The van der Waals surface area contributed by atoms with E-state index in [-0.39, 0.29) is 5.95 Å². The summed E-state index contributed by atoms with van der Waals surface area (Å²) in [4.78, 5) is 10.3. The van der Waals surface area contributed by atoms with Gasteiger partial charge < -0.3 is 14.2 Å². The Morgan fingerprint density at radius 1 is 1.42 bits per heavy atom. The summed E-state index contributed by atoms with van der Waals surface area (Å²) in [6.07, 6.45) is 0. The molecule has 0 saturated heterocycles. The molecule has 0 aliphatic carbocycles. The highest BCUT2D eigenvalue weighted by molar-refractivity contribution is 5.66. The Labute approximate surface area is 72.1 Å². The van der Waals surface area contributed by atoms with Gasteiger partial charge in [-0.3, -0.25) is 4.79 Å². The minimum absolute atomic E-state index is 0.0159. The van der Waals surface area contributed by atoms with E-state index in [0.717, 1.165) is 0 Å². The van der Waals surface area contributed by atoms with Crippen molar-refractivity contribution < 1.29 is 19.0 Å². The van der Waals surface area contributed by atoms with Gasteiger partial charge in [-0.2, -0.15) is 0 Å². The van der Waals surface area contributed by atoms with E-state index in [9.17, 15) is 4.79 Å². The van der Waals surface area contributed by atoms with Crippen molar-refractivity contribution in [2.24, 2.45) is 0 Å². The lowest BCUT2D eigenvalue weighted by Crippen LogP contribution is -2.07. The molecule has 0 spiro atoms. The molecule has 0 aromatic rings. The van der Waals surface area contributed by atoms with Crippen molar-refractivity contribution in [1.29, 1.82) is 0 Å². The molecule has 0 radical (unpaired) electrons. The van der Waals surface area contributed by atoms with Gasteiger partial charge in [-0.1, -0.05) is 0 Å². The molecule has 4 heteroatoms. The van der Waals surface area contributed by atoms with Gasteiger partial charge in [-0.25, -0.2) is 0 Å². The minimum Gasteiger partial charge on any atom is -0.463 e. The molecule has 0 saturated carbocycles. The lowest BCUT2D eigenvalue weighted by molar-refractivity contribution is -0.142. The average molecular weight is 174 g/mol. The molecular formula is C8H14O4. The number of ether oxygens (including phenoxy) is 3. The van der Waals surface area contributed by atoms with Gasteiger partial charge in [0.25, 0.3) is 5.95 Å². The third-order valence-corrected chi connectivity index (χ3v) is 0.952. The maximum atomic E-state index is 10.3. The highest BCUT2D eigenvalue weighted by Gasteiger charge is 1.98. The van der Waals surface area contributed by atoms with Crippen LogP contribution in [0.15, 0.2) is 12.5 Å². The van der Waals surface area contributed by atoms with E-state index in [1.807, 2.05) is 6.92 Å². The molecule has 0 aliphatic heterocycles. The Bertz CT molecular complexity index is 153. The summed E-state index contributed by atoms with van der Waals surface area (Å²) in [5.74, 6) is -0.418. The Morgan fingerprint density at radius 2 is 2.08 bits per heavy atom. The van der Waals surface area contributed by atoms with Gasteiger partial charge in [-0.15, -0.1) is 0 Å². The number of hydrogen-bond acceptors (Lipinski definition) is 4. The van der Waals surface area contributed by atoms with Gasteiger partial charge in [0.2, 0.25) is 0 Å². The molecule has 0 bridgehead atoms. The smallest absolute Gasteiger partial charge is 0.310 e. The van der Waals surface area contributed by atoms with Gasteiger partial charge in [0.1, 0.15) is 6.61 Å². The molecule has 70 valence electrons. The average Bonchev–Trinajstić information content (AvgIpc) is 1.97. The molecule has 0 aliphatic rings. The van der Waals surface area contributed by atoms with Crippen LogP contribution in [0.4, 0.5) is 0 Å². The van der Waals surface area contributed by atoms with Crippen LogP contribution in [0.1, 0.15) is 13.8 Å². The SMILES string of the molecule is C=C(OCCOCC)OC(C)=O. The fraction of sp³-hybridized carbons (Fsp3) is 0.625. The third kappa shape index (κ3) is 7.08. The van der Waals surface area contributed by atoms with Crippen molar-refractivity contribution in [2.45, 2.75) is 13.8 Å². The largest absolute Gasteiger partial charge is 0.463 e. The van der Waals surface area contributed by atoms with Crippen molar-refractivity contribution in [3.63, 3.8) is 0 Å². The molecule has 0 unspecified atom stereocenters. The molecule has 0 N–H and O–H groups in total. The summed E-state index contributed by atoms with van der Waals surface area (Å²) >= 11 is 0. The van der Waals surface area contributed by atoms with Crippen LogP contribution in [0, 0.1) is 0 Å². The Balaban J connectivity index is 3.26. The number of carbonyl (C=O) groups is 1. The van der Waals surface area contributed by atoms with E-state index in [0.29, 0.717) is 19.8 Å². The van der Waals surface area contributed by atoms with E-state index >= 15 is 0 Å². The van der Waals surface area contributed by atoms with E-state index in [2.05, 4.69) is 11.3 Å². The maximum Gasteiger partial charge on any atom is 0.310 e. The lowest BCUT2D eigenvalue weighted by atomic mass is 10.7.